The van der Waals surface area contributed by atoms with E-state index in [1.54, 1.807) is 6.08 Å². The SMILES string of the molecule is CC1=C2[C@@H]3OC(=O)[C@H](CN4CCC(Cc5ccccc5)CC4)[C@@H]3CC[C@@]2(C)C=CC1=O. The zero-order valence-electron chi connectivity index (χ0n) is 18.7. The van der Waals surface area contributed by atoms with Crippen molar-refractivity contribution in [3.63, 3.8) is 0 Å². The largest absolute Gasteiger partial charge is 0.457 e. The van der Waals surface area contributed by atoms with E-state index in [-0.39, 0.29) is 35.1 Å². The van der Waals surface area contributed by atoms with Crippen LogP contribution in [0.15, 0.2) is 53.6 Å². The number of benzene rings is 1. The van der Waals surface area contributed by atoms with Gasteiger partial charge in [0.2, 0.25) is 0 Å². The summed E-state index contributed by atoms with van der Waals surface area (Å²) >= 11 is 0. The molecule has 31 heavy (non-hydrogen) atoms. The second kappa shape index (κ2) is 8.05. The van der Waals surface area contributed by atoms with Gasteiger partial charge in [-0.05, 0) is 75.2 Å². The van der Waals surface area contributed by atoms with Crippen LogP contribution in [0.5, 0.6) is 0 Å². The average Bonchev–Trinajstić information content (AvgIpc) is 3.08. The van der Waals surface area contributed by atoms with Gasteiger partial charge in [0.25, 0.3) is 0 Å². The minimum atomic E-state index is -0.222. The van der Waals surface area contributed by atoms with Crippen LogP contribution in [0.25, 0.3) is 0 Å². The lowest BCUT2D eigenvalue weighted by molar-refractivity contribution is -0.144. The first-order valence-corrected chi connectivity index (χ1v) is 11.9. The minimum absolute atomic E-state index is 0.0621. The van der Waals surface area contributed by atoms with Crippen molar-refractivity contribution >= 4 is 11.8 Å². The smallest absolute Gasteiger partial charge is 0.311 e. The summed E-state index contributed by atoms with van der Waals surface area (Å²) in [7, 11) is 0. The predicted octanol–water partition coefficient (Wildman–Crippen LogP) is 4.35. The average molecular weight is 420 g/mol. The maximum Gasteiger partial charge on any atom is 0.311 e. The topological polar surface area (TPSA) is 46.6 Å². The predicted molar refractivity (Wildman–Crippen MR) is 120 cm³/mol. The molecule has 4 atom stereocenters. The van der Waals surface area contributed by atoms with Gasteiger partial charge in [0, 0.05) is 23.5 Å². The Hall–Kier alpha value is -2.20. The van der Waals surface area contributed by atoms with Gasteiger partial charge in [0.05, 0.1) is 5.92 Å². The van der Waals surface area contributed by atoms with Crippen molar-refractivity contribution in [2.45, 2.75) is 52.1 Å². The van der Waals surface area contributed by atoms with Crippen molar-refractivity contribution in [3.8, 4) is 0 Å². The summed E-state index contributed by atoms with van der Waals surface area (Å²) in [4.78, 5) is 27.7. The molecule has 0 radical (unpaired) electrons. The van der Waals surface area contributed by atoms with E-state index in [9.17, 15) is 9.59 Å². The molecule has 0 spiro atoms. The molecule has 1 saturated carbocycles. The first-order valence-electron chi connectivity index (χ1n) is 11.9. The van der Waals surface area contributed by atoms with Crippen LogP contribution in [0, 0.1) is 23.2 Å². The van der Waals surface area contributed by atoms with Crippen molar-refractivity contribution in [2.75, 3.05) is 19.6 Å². The summed E-state index contributed by atoms with van der Waals surface area (Å²) in [5.74, 6) is 0.861. The van der Waals surface area contributed by atoms with E-state index < -0.39 is 0 Å². The fourth-order valence-corrected chi connectivity index (χ4v) is 6.38. The number of carbonyl (C=O) groups is 2. The van der Waals surface area contributed by atoms with Crippen molar-refractivity contribution in [1.29, 1.82) is 0 Å². The Labute approximate surface area is 185 Å². The number of likely N-dealkylation sites (tertiary alicyclic amines) is 1. The van der Waals surface area contributed by atoms with E-state index in [1.807, 2.05) is 13.0 Å². The highest BCUT2D eigenvalue weighted by atomic mass is 16.6. The molecular formula is C27H33NO3. The molecule has 4 heteroatoms. The first kappa shape index (κ1) is 20.7. The van der Waals surface area contributed by atoms with Crippen LogP contribution in [-0.2, 0) is 20.7 Å². The highest BCUT2D eigenvalue weighted by Gasteiger charge is 2.54. The highest BCUT2D eigenvalue weighted by Crippen LogP contribution is 2.53. The third kappa shape index (κ3) is 3.80. The summed E-state index contributed by atoms with van der Waals surface area (Å²) in [5.41, 5.74) is 3.13. The lowest BCUT2D eigenvalue weighted by Gasteiger charge is -2.43. The quantitative estimate of drug-likeness (QED) is 0.681. The van der Waals surface area contributed by atoms with E-state index >= 15 is 0 Å². The summed E-state index contributed by atoms with van der Waals surface area (Å²) in [6, 6.07) is 10.8. The second-order valence-corrected chi connectivity index (χ2v) is 10.3. The molecule has 2 heterocycles. The van der Waals surface area contributed by atoms with E-state index in [1.165, 1.54) is 18.4 Å². The number of fused-ring (bicyclic) bond motifs is 3. The number of hydrogen-bond acceptors (Lipinski definition) is 4. The standard InChI is InChI=1S/C27H33NO3/c1-18-23(29)9-13-27(2)12-8-21-22(26(30)31-25(21)24(18)27)17-28-14-10-20(11-15-28)16-19-6-4-3-5-7-19/h3-7,9,13,20-22,25H,8,10-12,14-17H2,1-2H3/t21-,22+,25+,27-/m0/s1. The summed E-state index contributed by atoms with van der Waals surface area (Å²) in [5, 5.41) is 0. The third-order valence-corrected chi connectivity index (χ3v) is 8.25. The first-order chi connectivity index (χ1) is 14.9. The summed E-state index contributed by atoms with van der Waals surface area (Å²) in [6.45, 7) is 6.99. The molecule has 1 aromatic carbocycles. The molecule has 164 valence electrons. The molecule has 4 nitrogen and oxygen atoms in total. The highest BCUT2D eigenvalue weighted by molar-refractivity contribution is 6.05. The number of carbonyl (C=O) groups excluding carboxylic acids is 2. The molecule has 2 saturated heterocycles. The number of nitrogens with zero attached hydrogens (tertiary/aromatic N) is 1. The lowest BCUT2D eigenvalue weighted by atomic mass is 9.61. The zero-order valence-corrected chi connectivity index (χ0v) is 18.7. The number of allylic oxidation sites excluding steroid dienone is 3. The van der Waals surface area contributed by atoms with Crippen LogP contribution < -0.4 is 0 Å². The monoisotopic (exact) mass is 419 g/mol. The lowest BCUT2D eigenvalue weighted by Crippen LogP contribution is -2.43. The van der Waals surface area contributed by atoms with Crippen LogP contribution in [0.1, 0.15) is 45.1 Å². The Morgan fingerprint density at radius 1 is 1.10 bits per heavy atom. The number of piperidine rings is 1. The molecule has 0 N–H and O–H groups in total. The maximum atomic E-state index is 12.9. The van der Waals surface area contributed by atoms with Crippen molar-refractivity contribution in [3.05, 3.63) is 59.2 Å². The molecule has 0 bridgehead atoms. The number of esters is 1. The molecule has 1 aromatic rings. The molecule has 5 rings (SSSR count). The van der Waals surface area contributed by atoms with Gasteiger partial charge in [0.15, 0.2) is 5.78 Å². The molecule has 3 fully saturated rings. The van der Waals surface area contributed by atoms with Gasteiger partial charge < -0.3 is 9.64 Å². The number of rotatable bonds is 4. The third-order valence-electron chi connectivity index (χ3n) is 8.25. The van der Waals surface area contributed by atoms with Gasteiger partial charge in [-0.1, -0.05) is 43.3 Å². The fourth-order valence-electron chi connectivity index (χ4n) is 6.38. The van der Waals surface area contributed by atoms with Crippen molar-refractivity contribution in [1.82, 2.24) is 4.90 Å². The van der Waals surface area contributed by atoms with Crippen LogP contribution >= 0.6 is 0 Å². The summed E-state index contributed by atoms with van der Waals surface area (Å²) in [6.07, 6.45) is 9.01. The molecule has 2 aliphatic carbocycles. The van der Waals surface area contributed by atoms with Gasteiger partial charge in [-0.3, -0.25) is 9.59 Å². The van der Waals surface area contributed by atoms with Gasteiger partial charge in [-0.2, -0.15) is 0 Å². The second-order valence-electron chi connectivity index (χ2n) is 10.3. The van der Waals surface area contributed by atoms with Crippen LogP contribution in [0.4, 0.5) is 0 Å². The normalized spacial score (nSPS) is 33.9. The number of hydrogen-bond donors (Lipinski definition) is 0. The van der Waals surface area contributed by atoms with E-state index in [2.05, 4.69) is 42.2 Å². The van der Waals surface area contributed by atoms with E-state index in [0.717, 1.165) is 56.0 Å². The Balaban J connectivity index is 1.23. The molecular weight excluding hydrogens is 386 g/mol. The van der Waals surface area contributed by atoms with E-state index in [0.29, 0.717) is 0 Å². The minimum Gasteiger partial charge on any atom is -0.457 e. The van der Waals surface area contributed by atoms with E-state index in [4.69, 9.17) is 4.74 Å². The van der Waals surface area contributed by atoms with Gasteiger partial charge in [-0.15, -0.1) is 0 Å². The van der Waals surface area contributed by atoms with Gasteiger partial charge in [-0.25, -0.2) is 0 Å². The Bertz CT molecular complexity index is 925. The fraction of sp³-hybridized carbons (Fsp3) is 0.556. The van der Waals surface area contributed by atoms with Crippen LogP contribution in [0.3, 0.4) is 0 Å². The Morgan fingerprint density at radius 2 is 1.84 bits per heavy atom. The Morgan fingerprint density at radius 3 is 2.58 bits per heavy atom. The van der Waals surface area contributed by atoms with Crippen molar-refractivity contribution in [2.24, 2.45) is 23.2 Å². The van der Waals surface area contributed by atoms with Crippen LogP contribution in [-0.4, -0.2) is 42.4 Å². The molecule has 0 aromatic heterocycles. The van der Waals surface area contributed by atoms with Gasteiger partial charge in [0.1, 0.15) is 6.10 Å². The maximum absolute atomic E-state index is 12.9. The number of ketones is 1. The Kier molecular flexibility index (Phi) is 5.37. The van der Waals surface area contributed by atoms with Crippen LogP contribution in [0.2, 0.25) is 0 Å². The molecule has 0 amide bonds. The number of ether oxygens (including phenoxy) is 1. The van der Waals surface area contributed by atoms with Gasteiger partial charge >= 0.3 is 5.97 Å². The zero-order chi connectivity index (χ0) is 21.6. The molecule has 2 aliphatic heterocycles. The summed E-state index contributed by atoms with van der Waals surface area (Å²) < 4.78 is 5.96. The molecule has 4 aliphatic rings. The van der Waals surface area contributed by atoms with Crippen molar-refractivity contribution < 1.29 is 14.3 Å². The molecule has 0 unspecified atom stereocenters.